The highest BCUT2D eigenvalue weighted by Crippen LogP contribution is 2.31. The van der Waals surface area contributed by atoms with Crippen molar-refractivity contribution in [2.24, 2.45) is 5.73 Å². The summed E-state index contributed by atoms with van der Waals surface area (Å²) in [6.45, 7) is 1.08. The van der Waals surface area contributed by atoms with Gasteiger partial charge < -0.3 is 15.2 Å². The number of fused-ring (bicyclic) bond motifs is 1. The Morgan fingerprint density at radius 3 is 2.53 bits per heavy atom. The van der Waals surface area contributed by atoms with Crippen LogP contribution in [0.3, 0.4) is 0 Å². The third-order valence-corrected chi connectivity index (χ3v) is 2.93. The molecule has 2 aromatic carbocycles. The molecule has 0 atom stereocenters. The highest BCUT2D eigenvalue weighted by Gasteiger charge is 2.11. The van der Waals surface area contributed by atoms with Gasteiger partial charge in [-0.3, -0.25) is 4.55 Å². The Hall–Kier alpha value is -1.83. The molecule has 0 heterocycles. The predicted molar refractivity (Wildman–Crippen MR) is 73.7 cm³/mol. The maximum absolute atomic E-state index is 10.8. The number of anilines is 1. The van der Waals surface area contributed by atoms with Crippen LogP contribution in [0.1, 0.15) is 0 Å². The van der Waals surface area contributed by atoms with Crippen LogP contribution in [0, 0.1) is 0 Å². The minimum atomic E-state index is -4.54. The molecule has 0 bridgehead atoms. The van der Waals surface area contributed by atoms with E-state index < -0.39 is 10.4 Å². The van der Waals surface area contributed by atoms with Gasteiger partial charge in [0.25, 0.3) is 0 Å². The van der Waals surface area contributed by atoms with Gasteiger partial charge in [0, 0.05) is 29.5 Å². The first-order chi connectivity index (χ1) is 9.01. The molecule has 0 aliphatic carbocycles. The Labute approximate surface area is 111 Å². The Kier molecular flexibility index (Phi) is 3.89. The van der Waals surface area contributed by atoms with E-state index in [2.05, 4.69) is 9.50 Å². The summed E-state index contributed by atoms with van der Waals surface area (Å²) >= 11 is 0. The van der Waals surface area contributed by atoms with E-state index in [1.165, 1.54) is 6.07 Å². The molecule has 7 heteroatoms. The minimum absolute atomic E-state index is 0.0800. The topological polar surface area (TPSA) is 102 Å². The van der Waals surface area contributed by atoms with Gasteiger partial charge in [0.2, 0.25) is 0 Å². The van der Waals surface area contributed by atoms with Crippen molar-refractivity contribution in [3.8, 4) is 5.75 Å². The average Bonchev–Trinajstić information content (AvgIpc) is 2.35. The fourth-order valence-electron chi connectivity index (χ4n) is 1.83. The summed E-state index contributed by atoms with van der Waals surface area (Å²) in [4.78, 5) is 0. The van der Waals surface area contributed by atoms with Gasteiger partial charge >= 0.3 is 10.4 Å². The summed E-state index contributed by atoms with van der Waals surface area (Å²) < 4.78 is 34.9. The normalized spacial score (nSPS) is 11.5. The van der Waals surface area contributed by atoms with Crippen LogP contribution in [0.2, 0.25) is 0 Å². The van der Waals surface area contributed by atoms with Crippen molar-refractivity contribution < 1.29 is 17.2 Å². The minimum Gasteiger partial charge on any atom is -0.383 e. The van der Waals surface area contributed by atoms with E-state index in [-0.39, 0.29) is 5.75 Å². The van der Waals surface area contributed by atoms with E-state index in [1.54, 1.807) is 18.2 Å². The lowest BCUT2D eigenvalue weighted by Crippen LogP contribution is -2.13. The highest BCUT2D eigenvalue weighted by molar-refractivity contribution is 7.81. The van der Waals surface area contributed by atoms with Crippen molar-refractivity contribution >= 4 is 26.9 Å². The monoisotopic (exact) mass is 282 g/mol. The summed E-state index contributed by atoms with van der Waals surface area (Å²) in [6, 6.07) is 10.3. The Morgan fingerprint density at radius 1 is 1.16 bits per heavy atom. The second-order valence-corrected chi connectivity index (χ2v) is 4.91. The van der Waals surface area contributed by atoms with Crippen molar-refractivity contribution in [2.45, 2.75) is 0 Å². The van der Waals surface area contributed by atoms with Crippen LogP contribution in [-0.4, -0.2) is 26.1 Å². The highest BCUT2D eigenvalue weighted by atomic mass is 32.3. The van der Waals surface area contributed by atoms with E-state index in [4.69, 9.17) is 10.3 Å². The number of nitrogens with two attached hydrogens (primary N) is 1. The molecule has 0 spiro atoms. The zero-order valence-electron chi connectivity index (χ0n) is 10.0. The van der Waals surface area contributed by atoms with Gasteiger partial charge in [-0.15, -0.1) is 0 Å². The Balaban J connectivity index is 2.51. The van der Waals surface area contributed by atoms with Crippen molar-refractivity contribution in [3.05, 3.63) is 36.4 Å². The summed E-state index contributed by atoms with van der Waals surface area (Å²) in [7, 11) is -4.54. The summed E-state index contributed by atoms with van der Waals surface area (Å²) in [5.41, 5.74) is 6.26. The largest absolute Gasteiger partial charge is 0.446 e. The van der Waals surface area contributed by atoms with Crippen LogP contribution in [0.5, 0.6) is 5.75 Å². The van der Waals surface area contributed by atoms with Gasteiger partial charge in [-0.25, -0.2) is 0 Å². The maximum Gasteiger partial charge on any atom is 0.446 e. The molecule has 4 N–H and O–H groups in total. The molecule has 0 aromatic heterocycles. The van der Waals surface area contributed by atoms with E-state index in [0.29, 0.717) is 18.5 Å². The lowest BCUT2D eigenvalue weighted by atomic mass is 10.1. The predicted octanol–water partition coefficient (Wildman–Crippen LogP) is 1.39. The van der Waals surface area contributed by atoms with Crippen molar-refractivity contribution in [1.29, 1.82) is 0 Å². The Morgan fingerprint density at radius 2 is 1.84 bits per heavy atom. The number of nitrogens with one attached hydrogen (secondary N) is 1. The van der Waals surface area contributed by atoms with Gasteiger partial charge in [0.05, 0.1) is 0 Å². The first-order valence-electron chi connectivity index (χ1n) is 5.64. The average molecular weight is 282 g/mol. The molecular weight excluding hydrogens is 268 g/mol. The van der Waals surface area contributed by atoms with Crippen molar-refractivity contribution in [2.75, 3.05) is 18.4 Å². The van der Waals surface area contributed by atoms with Crippen molar-refractivity contribution in [3.63, 3.8) is 0 Å². The Bertz CT molecular complexity index is 685. The zero-order valence-corrected chi connectivity index (χ0v) is 10.9. The number of hydrogen-bond acceptors (Lipinski definition) is 5. The van der Waals surface area contributed by atoms with Crippen molar-refractivity contribution in [1.82, 2.24) is 0 Å². The molecule has 0 saturated heterocycles. The van der Waals surface area contributed by atoms with Gasteiger partial charge in [-0.1, -0.05) is 24.3 Å². The van der Waals surface area contributed by atoms with E-state index >= 15 is 0 Å². The molecule has 102 valence electrons. The molecule has 0 aliphatic heterocycles. The van der Waals surface area contributed by atoms with E-state index in [9.17, 15) is 8.42 Å². The first kappa shape index (κ1) is 13.6. The molecule has 0 amide bonds. The number of benzene rings is 2. The van der Waals surface area contributed by atoms with Crippen LogP contribution in [0.4, 0.5) is 5.69 Å². The molecule has 0 saturated carbocycles. The first-order valence-corrected chi connectivity index (χ1v) is 7.00. The molecule has 0 radical (unpaired) electrons. The van der Waals surface area contributed by atoms with Crippen LogP contribution in [0.15, 0.2) is 36.4 Å². The fraction of sp³-hybridized carbons (Fsp3) is 0.167. The van der Waals surface area contributed by atoms with E-state index in [0.717, 1.165) is 11.1 Å². The van der Waals surface area contributed by atoms with Gasteiger partial charge in [0.1, 0.15) is 0 Å². The quantitative estimate of drug-likeness (QED) is 0.716. The lowest BCUT2D eigenvalue weighted by Gasteiger charge is -2.11. The lowest BCUT2D eigenvalue weighted by molar-refractivity contribution is 0.388. The van der Waals surface area contributed by atoms with E-state index in [1.807, 2.05) is 12.1 Å². The number of hydrogen-bond donors (Lipinski definition) is 3. The molecule has 0 aliphatic rings. The van der Waals surface area contributed by atoms with Gasteiger partial charge in [0.15, 0.2) is 5.75 Å². The van der Waals surface area contributed by atoms with Crippen LogP contribution in [0.25, 0.3) is 10.8 Å². The van der Waals surface area contributed by atoms with Gasteiger partial charge in [-0.2, -0.15) is 8.42 Å². The second-order valence-electron chi connectivity index (χ2n) is 3.88. The summed E-state index contributed by atoms with van der Waals surface area (Å²) in [6.07, 6.45) is 0. The third kappa shape index (κ3) is 3.34. The summed E-state index contributed by atoms with van der Waals surface area (Å²) in [5.74, 6) is 0.0800. The molecule has 0 unspecified atom stereocenters. The molecule has 6 nitrogen and oxygen atoms in total. The molecule has 2 rings (SSSR count). The second kappa shape index (κ2) is 5.43. The maximum atomic E-state index is 10.8. The van der Waals surface area contributed by atoms with Gasteiger partial charge in [-0.05, 0) is 12.1 Å². The SMILES string of the molecule is NCCNc1cccc2c(OS(=O)(=O)O)cccc12. The third-order valence-electron chi connectivity index (χ3n) is 2.54. The smallest absolute Gasteiger partial charge is 0.383 e. The molecule has 0 fully saturated rings. The zero-order chi connectivity index (χ0) is 13.9. The number of rotatable bonds is 5. The van der Waals surface area contributed by atoms with Crippen LogP contribution in [-0.2, 0) is 10.4 Å². The van der Waals surface area contributed by atoms with Crippen LogP contribution < -0.4 is 15.2 Å². The standard InChI is InChI=1S/C12H14N2O4S/c13-7-8-14-11-5-1-4-10-9(11)3-2-6-12(10)18-19(15,16)17/h1-6,14H,7-8,13H2,(H,15,16,17). The molecular formula is C12H14N2O4S. The van der Waals surface area contributed by atoms with Crippen LogP contribution >= 0.6 is 0 Å². The molecule has 2 aromatic rings. The molecule has 19 heavy (non-hydrogen) atoms. The fourth-order valence-corrected chi connectivity index (χ4v) is 2.20. The summed E-state index contributed by atoms with van der Waals surface area (Å²) in [5, 5.41) is 4.51.